The molecule has 3 N–H and O–H groups in total. The predicted octanol–water partition coefficient (Wildman–Crippen LogP) is 6.04. The summed E-state index contributed by atoms with van der Waals surface area (Å²) in [7, 11) is -2.11. The maximum absolute atomic E-state index is 15.2. The van der Waals surface area contributed by atoms with Crippen LogP contribution in [0.25, 0.3) is 22.0 Å². The van der Waals surface area contributed by atoms with Crippen LogP contribution in [0.5, 0.6) is 0 Å². The minimum Gasteiger partial charge on any atom is -0.378 e. The molecule has 10 nitrogen and oxygen atoms in total. The number of anilines is 1. The standard InChI is InChI=1S/C36H34ClF4N7O3S/c1-35(2,49)10-9-22-5-6-23(24-7-8-28(37)30-32(24)47(3)45-34(30)46-52(4,50)51)31(44-22)29(15-19-13-20(38)16-21(39)14-19)42-11-12-48-33-26(18-43-48)25-17-27(25)36(33,40)41/h5-8,13-14,16,18,25,27,29,42,49H,11-12,15,17H2,1-4H3,(H,45,46). The average Bonchev–Trinajstić information content (AvgIpc) is 3.55. The van der Waals surface area contributed by atoms with Crippen LogP contribution in [0.4, 0.5) is 23.4 Å². The molecule has 0 amide bonds. The summed E-state index contributed by atoms with van der Waals surface area (Å²) in [5.74, 6) is 0.217. The number of nitrogens with one attached hydrogen (secondary N) is 2. The number of alkyl halides is 2. The summed E-state index contributed by atoms with van der Waals surface area (Å²) in [5.41, 5.74) is 1.60. The fraction of sp³-hybridized carbons (Fsp3) is 0.361. The quantitative estimate of drug-likeness (QED) is 0.117. The Morgan fingerprint density at radius 3 is 2.54 bits per heavy atom. The van der Waals surface area contributed by atoms with Crippen molar-refractivity contribution in [3.63, 3.8) is 0 Å². The van der Waals surface area contributed by atoms with E-state index in [-0.39, 0.29) is 47.7 Å². The minimum absolute atomic E-state index is 0.0115. The van der Waals surface area contributed by atoms with Crippen molar-refractivity contribution in [3.8, 4) is 23.0 Å². The lowest BCUT2D eigenvalue weighted by atomic mass is 9.93. The van der Waals surface area contributed by atoms with E-state index in [1.54, 1.807) is 31.3 Å². The molecule has 3 atom stereocenters. The summed E-state index contributed by atoms with van der Waals surface area (Å²) in [6.07, 6.45) is 2.95. The number of nitrogens with zero attached hydrogens (tertiary/aromatic N) is 5. The third kappa shape index (κ3) is 7.00. The molecule has 0 radical (unpaired) electrons. The Morgan fingerprint density at radius 1 is 1.13 bits per heavy atom. The van der Waals surface area contributed by atoms with Crippen LogP contribution in [0, 0.1) is 29.4 Å². The number of pyridine rings is 1. The van der Waals surface area contributed by atoms with Crippen LogP contribution in [0.2, 0.25) is 5.02 Å². The number of benzene rings is 2. The highest BCUT2D eigenvalue weighted by Crippen LogP contribution is 2.66. The number of hydrogen-bond acceptors (Lipinski definition) is 7. The molecule has 1 saturated carbocycles. The van der Waals surface area contributed by atoms with Gasteiger partial charge in [-0.3, -0.25) is 14.1 Å². The van der Waals surface area contributed by atoms with E-state index >= 15 is 8.78 Å². The maximum atomic E-state index is 15.2. The summed E-state index contributed by atoms with van der Waals surface area (Å²) in [4.78, 5) is 4.88. The van der Waals surface area contributed by atoms with Gasteiger partial charge in [0.05, 0.1) is 46.7 Å². The van der Waals surface area contributed by atoms with E-state index in [0.29, 0.717) is 45.3 Å². The Balaban J connectivity index is 1.35. The molecule has 52 heavy (non-hydrogen) atoms. The lowest BCUT2D eigenvalue weighted by Gasteiger charge is -2.23. The van der Waals surface area contributed by atoms with Crippen LogP contribution in [-0.2, 0) is 36.0 Å². The van der Waals surface area contributed by atoms with Crippen LogP contribution in [0.1, 0.15) is 60.4 Å². The van der Waals surface area contributed by atoms with Crippen molar-refractivity contribution >= 4 is 38.3 Å². The minimum atomic E-state index is -3.74. The first kappa shape index (κ1) is 35.9. The van der Waals surface area contributed by atoms with E-state index in [0.717, 1.165) is 12.3 Å². The van der Waals surface area contributed by atoms with Gasteiger partial charge in [-0.05, 0) is 74.4 Å². The zero-order valence-corrected chi connectivity index (χ0v) is 30.0. The number of aryl methyl sites for hydroxylation is 1. The molecule has 2 aliphatic carbocycles. The van der Waals surface area contributed by atoms with Gasteiger partial charge < -0.3 is 10.4 Å². The molecule has 16 heteroatoms. The van der Waals surface area contributed by atoms with Gasteiger partial charge in [0.25, 0.3) is 5.92 Å². The van der Waals surface area contributed by atoms with Gasteiger partial charge in [-0.2, -0.15) is 19.0 Å². The second-order valence-electron chi connectivity index (χ2n) is 13.8. The molecule has 0 bridgehead atoms. The second kappa shape index (κ2) is 12.9. The molecular formula is C36H34ClF4N7O3S. The number of sulfonamides is 1. The first-order valence-electron chi connectivity index (χ1n) is 16.4. The van der Waals surface area contributed by atoms with Crippen molar-refractivity contribution in [1.82, 2.24) is 29.9 Å². The molecule has 3 unspecified atom stereocenters. The van der Waals surface area contributed by atoms with E-state index < -0.39 is 45.1 Å². The largest absolute Gasteiger partial charge is 0.378 e. The number of aromatic nitrogens is 5. The van der Waals surface area contributed by atoms with Gasteiger partial charge in [0.2, 0.25) is 10.0 Å². The number of halogens is 5. The van der Waals surface area contributed by atoms with Crippen molar-refractivity contribution in [2.75, 3.05) is 17.5 Å². The van der Waals surface area contributed by atoms with Gasteiger partial charge in [-0.15, -0.1) is 0 Å². The number of fused-ring (bicyclic) bond motifs is 4. The van der Waals surface area contributed by atoms with Gasteiger partial charge in [0.1, 0.15) is 28.6 Å². The highest BCUT2D eigenvalue weighted by molar-refractivity contribution is 7.92. The smallest absolute Gasteiger partial charge is 0.293 e. The van der Waals surface area contributed by atoms with Gasteiger partial charge in [0, 0.05) is 42.3 Å². The first-order valence-corrected chi connectivity index (χ1v) is 18.7. The van der Waals surface area contributed by atoms with Gasteiger partial charge in [-0.25, -0.2) is 22.2 Å². The summed E-state index contributed by atoms with van der Waals surface area (Å²) < 4.78 is 88.9. The molecule has 0 spiro atoms. The molecule has 3 heterocycles. The van der Waals surface area contributed by atoms with Gasteiger partial charge in [0.15, 0.2) is 5.82 Å². The Kier molecular flexibility index (Phi) is 8.88. The summed E-state index contributed by atoms with van der Waals surface area (Å²) in [6.45, 7) is 3.23. The molecule has 5 aromatic rings. The van der Waals surface area contributed by atoms with Gasteiger partial charge in [-0.1, -0.05) is 23.6 Å². The molecule has 1 fully saturated rings. The topological polar surface area (TPSA) is 127 Å². The Bertz CT molecular complexity index is 2390. The summed E-state index contributed by atoms with van der Waals surface area (Å²) in [5, 5.41) is 22.9. The molecule has 7 rings (SSSR count). The monoisotopic (exact) mass is 755 g/mol. The first-order chi connectivity index (χ1) is 24.4. The van der Waals surface area contributed by atoms with Crippen molar-refractivity contribution in [2.45, 2.75) is 56.7 Å². The molecule has 3 aromatic heterocycles. The lowest BCUT2D eigenvalue weighted by molar-refractivity contribution is -0.0310. The van der Waals surface area contributed by atoms with E-state index in [2.05, 4.69) is 32.1 Å². The van der Waals surface area contributed by atoms with E-state index in [4.69, 9.17) is 16.6 Å². The van der Waals surface area contributed by atoms with Crippen molar-refractivity contribution in [3.05, 3.63) is 93.5 Å². The van der Waals surface area contributed by atoms with Gasteiger partial charge >= 0.3 is 0 Å². The van der Waals surface area contributed by atoms with E-state index in [1.807, 2.05) is 0 Å². The lowest BCUT2D eigenvalue weighted by Crippen LogP contribution is -2.30. The normalized spacial score (nSPS) is 18.1. The number of aliphatic hydroxyl groups is 1. The molecule has 272 valence electrons. The molecule has 2 aliphatic rings. The number of rotatable bonds is 10. The van der Waals surface area contributed by atoms with Crippen LogP contribution in [0.15, 0.2) is 48.7 Å². The fourth-order valence-electron chi connectivity index (χ4n) is 6.99. The second-order valence-corrected chi connectivity index (χ2v) is 16.0. The Morgan fingerprint density at radius 2 is 1.85 bits per heavy atom. The molecule has 0 aliphatic heterocycles. The zero-order chi connectivity index (χ0) is 37.3. The zero-order valence-electron chi connectivity index (χ0n) is 28.5. The third-order valence-corrected chi connectivity index (χ3v) is 10.1. The van der Waals surface area contributed by atoms with Crippen LogP contribution >= 0.6 is 11.6 Å². The Hall–Kier alpha value is -4.49. The Labute approximate surface area is 302 Å². The fourth-order valence-corrected chi connectivity index (χ4v) is 7.73. The summed E-state index contributed by atoms with van der Waals surface area (Å²) >= 11 is 6.61. The highest BCUT2D eigenvalue weighted by atomic mass is 35.5. The van der Waals surface area contributed by atoms with Crippen molar-refractivity contribution in [1.29, 1.82) is 0 Å². The van der Waals surface area contributed by atoms with E-state index in [1.165, 1.54) is 41.5 Å². The third-order valence-electron chi connectivity index (χ3n) is 9.18. The van der Waals surface area contributed by atoms with Crippen molar-refractivity contribution in [2.24, 2.45) is 13.0 Å². The molecule has 2 aromatic carbocycles. The van der Waals surface area contributed by atoms with E-state index in [9.17, 15) is 22.3 Å². The highest BCUT2D eigenvalue weighted by Gasteiger charge is 2.65. The molecule has 0 saturated heterocycles. The van der Waals surface area contributed by atoms with Crippen molar-refractivity contribution < 1.29 is 31.1 Å². The van der Waals surface area contributed by atoms with Crippen LogP contribution in [0.3, 0.4) is 0 Å². The maximum Gasteiger partial charge on any atom is 0.293 e. The SMILES string of the molecule is Cn1nc(NS(C)(=O)=O)c2c(Cl)ccc(-c3ccc(C#CC(C)(C)O)nc3C(Cc3cc(F)cc(F)c3)NCCn3ncc4c3C(F)(F)C3CC43)c21. The number of hydrogen-bond donors (Lipinski definition) is 3. The van der Waals surface area contributed by atoms with Crippen LogP contribution < -0.4 is 10.0 Å². The van der Waals surface area contributed by atoms with Crippen LogP contribution in [-0.4, -0.2) is 56.5 Å². The predicted molar refractivity (Wildman–Crippen MR) is 188 cm³/mol. The molecular weight excluding hydrogens is 722 g/mol. The average molecular weight is 756 g/mol. The summed E-state index contributed by atoms with van der Waals surface area (Å²) in [6, 6.07) is 9.08.